The summed E-state index contributed by atoms with van der Waals surface area (Å²) in [4.78, 5) is 15.8. The number of thiophene rings is 1. The van der Waals surface area contributed by atoms with Crippen LogP contribution in [0.15, 0.2) is 20.9 Å². The van der Waals surface area contributed by atoms with Crippen molar-refractivity contribution in [3.05, 3.63) is 28.2 Å². The molecule has 1 saturated heterocycles. The van der Waals surface area contributed by atoms with Crippen LogP contribution in [0.2, 0.25) is 4.34 Å². The Morgan fingerprint density at radius 2 is 2.22 bits per heavy atom. The molecule has 124 valence electrons. The number of hydrogen-bond donors (Lipinski definition) is 1. The van der Waals surface area contributed by atoms with Gasteiger partial charge in [0, 0.05) is 13.1 Å². The quantitative estimate of drug-likeness (QED) is 0.849. The molecule has 2 aromatic rings. The summed E-state index contributed by atoms with van der Waals surface area (Å²) < 4.78 is 32.1. The smallest absolute Gasteiger partial charge is 0.252 e. The molecule has 0 radical (unpaired) electrons. The van der Waals surface area contributed by atoms with Crippen molar-refractivity contribution in [2.75, 3.05) is 13.1 Å². The zero-order chi connectivity index (χ0) is 16.8. The molecule has 0 aliphatic carbocycles. The lowest BCUT2D eigenvalue weighted by molar-refractivity contribution is -0.121. The molecule has 2 aromatic heterocycles. The van der Waals surface area contributed by atoms with E-state index in [-0.39, 0.29) is 23.2 Å². The molecule has 1 aliphatic heterocycles. The van der Waals surface area contributed by atoms with Crippen molar-refractivity contribution in [2.45, 2.75) is 17.1 Å². The second-order valence-corrected chi connectivity index (χ2v) is 9.06. The van der Waals surface area contributed by atoms with Crippen LogP contribution in [0.1, 0.15) is 17.6 Å². The van der Waals surface area contributed by atoms with Gasteiger partial charge in [-0.1, -0.05) is 16.8 Å². The molecule has 2 atom stereocenters. The number of aryl methyl sites for hydroxylation is 1. The fourth-order valence-corrected chi connectivity index (χ4v) is 5.66. The van der Waals surface area contributed by atoms with Crippen LogP contribution in [-0.4, -0.2) is 41.9 Å². The summed E-state index contributed by atoms with van der Waals surface area (Å²) >= 11 is 6.77. The molecule has 3 rings (SSSR count). The maximum absolute atomic E-state index is 12.7. The Labute approximate surface area is 141 Å². The van der Waals surface area contributed by atoms with Crippen molar-refractivity contribution in [1.82, 2.24) is 14.4 Å². The van der Waals surface area contributed by atoms with Gasteiger partial charge in [0.15, 0.2) is 5.82 Å². The van der Waals surface area contributed by atoms with Gasteiger partial charge in [-0.25, -0.2) is 8.42 Å². The first-order valence-electron chi connectivity index (χ1n) is 6.64. The Kier molecular flexibility index (Phi) is 4.17. The first-order chi connectivity index (χ1) is 10.8. The van der Waals surface area contributed by atoms with E-state index in [1.165, 1.54) is 16.4 Å². The summed E-state index contributed by atoms with van der Waals surface area (Å²) in [5, 5.41) is 3.68. The minimum Gasteiger partial charge on any atom is -0.369 e. The molecule has 0 saturated carbocycles. The van der Waals surface area contributed by atoms with Crippen LogP contribution in [0.5, 0.6) is 0 Å². The van der Waals surface area contributed by atoms with E-state index in [0.717, 1.165) is 11.3 Å². The van der Waals surface area contributed by atoms with Gasteiger partial charge in [-0.2, -0.15) is 9.29 Å². The first kappa shape index (κ1) is 16.4. The van der Waals surface area contributed by atoms with Gasteiger partial charge in [-0.05, 0) is 19.1 Å². The lowest BCUT2D eigenvalue weighted by Crippen LogP contribution is -2.31. The highest BCUT2D eigenvalue weighted by molar-refractivity contribution is 7.91. The van der Waals surface area contributed by atoms with Gasteiger partial charge in [-0.15, -0.1) is 11.3 Å². The van der Waals surface area contributed by atoms with E-state index < -0.39 is 27.8 Å². The van der Waals surface area contributed by atoms with Crippen LogP contribution >= 0.6 is 22.9 Å². The summed E-state index contributed by atoms with van der Waals surface area (Å²) in [6.45, 7) is 1.66. The highest BCUT2D eigenvalue weighted by Gasteiger charge is 2.45. The van der Waals surface area contributed by atoms with E-state index >= 15 is 0 Å². The van der Waals surface area contributed by atoms with Crippen LogP contribution in [0, 0.1) is 12.8 Å². The van der Waals surface area contributed by atoms with E-state index in [2.05, 4.69) is 10.1 Å². The molecule has 1 amide bonds. The molecular weight excluding hydrogens is 364 g/mol. The average molecular weight is 377 g/mol. The van der Waals surface area contributed by atoms with Gasteiger partial charge in [0.2, 0.25) is 11.8 Å². The Balaban J connectivity index is 1.93. The fourth-order valence-electron chi connectivity index (χ4n) is 2.53. The third kappa shape index (κ3) is 2.99. The summed E-state index contributed by atoms with van der Waals surface area (Å²) in [5.74, 6) is -1.26. The minimum atomic E-state index is -3.75. The number of primary amides is 1. The number of carbonyl (C=O) groups excluding carboxylic acids is 1. The maximum atomic E-state index is 12.7. The van der Waals surface area contributed by atoms with E-state index in [9.17, 15) is 13.2 Å². The van der Waals surface area contributed by atoms with Gasteiger partial charge in [0.05, 0.1) is 16.2 Å². The SMILES string of the molecule is Cc1noc([C@@H]2CN(S(=O)(=O)c3ccc(Cl)s3)C[C@H]2C(N)=O)n1. The molecule has 3 heterocycles. The van der Waals surface area contributed by atoms with Gasteiger partial charge in [0.25, 0.3) is 10.0 Å². The Morgan fingerprint density at radius 3 is 2.74 bits per heavy atom. The molecule has 8 nitrogen and oxygen atoms in total. The minimum absolute atomic E-state index is 0.0285. The Hall–Kier alpha value is -1.49. The third-order valence-corrected chi connectivity index (χ3v) is 7.19. The van der Waals surface area contributed by atoms with Gasteiger partial charge in [0.1, 0.15) is 4.21 Å². The number of sulfonamides is 1. The monoisotopic (exact) mass is 376 g/mol. The van der Waals surface area contributed by atoms with Crippen molar-refractivity contribution in [3.63, 3.8) is 0 Å². The number of amides is 1. The van der Waals surface area contributed by atoms with Crippen molar-refractivity contribution < 1.29 is 17.7 Å². The second kappa shape index (κ2) is 5.86. The van der Waals surface area contributed by atoms with Crippen LogP contribution in [-0.2, 0) is 14.8 Å². The second-order valence-electron chi connectivity index (χ2n) is 5.18. The van der Waals surface area contributed by atoms with E-state index in [1.807, 2.05) is 0 Å². The van der Waals surface area contributed by atoms with E-state index in [1.54, 1.807) is 6.92 Å². The normalized spacial score (nSPS) is 22.5. The topological polar surface area (TPSA) is 119 Å². The summed E-state index contributed by atoms with van der Waals surface area (Å²) in [5.41, 5.74) is 5.41. The standard InChI is InChI=1S/C12H13ClN4O4S2/c1-6-15-12(21-16-6)8-5-17(4-7(8)11(14)18)23(19,20)10-3-2-9(13)22-10/h2-3,7-8H,4-5H2,1H3,(H2,14,18)/t7-,8-/m1/s1. The largest absolute Gasteiger partial charge is 0.369 e. The molecule has 0 unspecified atom stereocenters. The van der Waals surface area contributed by atoms with Crippen molar-refractivity contribution in [3.8, 4) is 0 Å². The predicted octanol–water partition coefficient (Wildman–Crippen LogP) is 0.983. The van der Waals surface area contributed by atoms with Crippen LogP contribution in [0.25, 0.3) is 0 Å². The van der Waals surface area contributed by atoms with Crippen LogP contribution < -0.4 is 5.73 Å². The van der Waals surface area contributed by atoms with Gasteiger partial charge >= 0.3 is 0 Å². The Morgan fingerprint density at radius 1 is 1.48 bits per heavy atom. The first-order valence-corrected chi connectivity index (χ1v) is 9.27. The lowest BCUT2D eigenvalue weighted by atomic mass is 9.95. The predicted molar refractivity (Wildman–Crippen MR) is 82.5 cm³/mol. The molecule has 0 aromatic carbocycles. The van der Waals surface area contributed by atoms with Crippen molar-refractivity contribution >= 4 is 38.9 Å². The van der Waals surface area contributed by atoms with Crippen LogP contribution in [0.3, 0.4) is 0 Å². The molecule has 1 aliphatic rings. The van der Waals surface area contributed by atoms with Gasteiger partial charge in [-0.3, -0.25) is 4.79 Å². The number of aromatic nitrogens is 2. The van der Waals surface area contributed by atoms with Crippen molar-refractivity contribution in [2.24, 2.45) is 11.7 Å². The molecule has 23 heavy (non-hydrogen) atoms. The lowest BCUT2D eigenvalue weighted by Gasteiger charge is -2.14. The van der Waals surface area contributed by atoms with Crippen molar-refractivity contribution in [1.29, 1.82) is 0 Å². The number of nitrogens with two attached hydrogens (primary N) is 1. The van der Waals surface area contributed by atoms with E-state index in [4.69, 9.17) is 21.9 Å². The maximum Gasteiger partial charge on any atom is 0.252 e. The molecule has 1 fully saturated rings. The number of halogens is 1. The number of carbonyl (C=O) groups is 1. The molecule has 0 bridgehead atoms. The third-order valence-electron chi connectivity index (χ3n) is 3.65. The molecule has 2 N–H and O–H groups in total. The summed E-state index contributed by atoms with van der Waals surface area (Å²) in [7, 11) is -3.75. The summed E-state index contributed by atoms with van der Waals surface area (Å²) in [6.07, 6.45) is 0. The average Bonchev–Trinajstić information content (AvgIpc) is 3.16. The highest BCUT2D eigenvalue weighted by Crippen LogP contribution is 2.36. The zero-order valence-corrected chi connectivity index (χ0v) is 14.4. The number of hydrogen-bond acceptors (Lipinski definition) is 7. The number of rotatable bonds is 4. The number of nitrogens with zero attached hydrogens (tertiary/aromatic N) is 3. The fraction of sp³-hybridized carbons (Fsp3) is 0.417. The van der Waals surface area contributed by atoms with E-state index in [0.29, 0.717) is 10.2 Å². The molecular formula is C12H13ClN4O4S2. The van der Waals surface area contributed by atoms with Gasteiger partial charge < -0.3 is 10.3 Å². The molecule has 11 heteroatoms. The molecule has 0 spiro atoms. The zero-order valence-electron chi connectivity index (χ0n) is 12.0. The Bertz CT molecular complexity index is 847. The van der Waals surface area contributed by atoms with Crippen LogP contribution in [0.4, 0.5) is 0 Å². The summed E-state index contributed by atoms with van der Waals surface area (Å²) in [6, 6.07) is 2.95. The highest BCUT2D eigenvalue weighted by atomic mass is 35.5.